The van der Waals surface area contributed by atoms with Gasteiger partial charge in [-0.3, -0.25) is 4.79 Å². The molecule has 0 radical (unpaired) electrons. The zero-order valence-corrected chi connectivity index (χ0v) is 24.2. The van der Waals surface area contributed by atoms with Gasteiger partial charge in [0.1, 0.15) is 5.69 Å². The van der Waals surface area contributed by atoms with E-state index in [1.54, 1.807) is 13.1 Å². The number of ether oxygens (including phenoxy) is 1. The highest BCUT2D eigenvalue weighted by molar-refractivity contribution is 6.03. The molecule has 5 nitrogen and oxygen atoms in total. The van der Waals surface area contributed by atoms with Gasteiger partial charge < -0.3 is 15.4 Å². The number of aromatic nitrogens is 1. The fraction of sp³-hybridized carbons (Fsp3) is 0.294. The number of methoxy groups -OCH3 is 1. The molecule has 0 unspecified atom stereocenters. The fourth-order valence-corrected chi connectivity index (χ4v) is 3.81. The van der Waals surface area contributed by atoms with Crippen LogP contribution in [0.25, 0.3) is 23.4 Å². The SMILES string of the molecule is C=Cc1c(/C=C\C)nc(-c2ccc(C#Cc3ccc(C)cc3)cc2)c(OC)c1C(=O)NC.CCCNCCC. The van der Waals surface area contributed by atoms with Crippen molar-refractivity contribution in [2.75, 3.05) is 27.2 Å². The first-order valence-corrected chi connectivity index (χ1v) is 13.4. The Morgan fingerprint density at radius 3 is 2.03 bits per heavy atom. The summed E-state index contributed by atoms with van der Waals surface area (Å²) < 4.78 is 5.65. The fourth-order valence-electron chi connectivity index (χ4n) is 3.81. The number of aryl methyl sites for hydroxylation is 1. The van der Waals surface area contributed by atoms with Crippen molar-refractivity contribution in [3.8, 4) is 28.8 Å². The molecule has 2 N–H and O–H groups in total. The van der Waals surface area contributed by atoms with Gasteiger partial charge in [-0.2, -0.15) is 0 Å². The molecule has 0 aliphatic heterocycles. The second-order valence-corrected chi connectivity index (χ2v) is 8.89. The highest BCUT2D eigenvalue weighted by Gasteiger charge is 2.23. The molecule has 0 fully saturated rings. The number of rotatable bonds is 9. The van der Waals surface area contributed by atoms with Gasteiger partial charge in [0, 0.05) is 29.3 Å². The van der Waals surface area contributed by atoms with E-state index in [0.29, 0.717) is 28.3 Å². The lowest BCUT2D eigenvalue weighted by atomic mass is 9.98. The summed E-state index contributed by atoms with van der Waals surface area (Å²) in [5.41, 5.74) is 6.16. The van der Waals surface area contributed by atoms with Crippen LogP contribution in [0.5, 0.6) is 5.75 Å². The van der Waals surface area contributed by atoms with E-state index in [1.807, 2.05) is 67.6 Å². The van der Waals surface area contributed by atoms with E-state index in [0.717, 1.165) is 16.7 Å². The number of carbonyl (C=O) groups excluding carboxylic acids is 1. The Morgan fingerprint density at radius 2 is 1.56 bits per heavy atom. The third kappa shape index (κ3) is 8.98. The molecule has 1 aromatic heterocycles. The average molecular weight is 524 g/mol. The van der Waals surface area contributed by atoms with Crippen LogP contribution in [-0.2, 0) is 0 Å². The van der Waals surface area contributed by atoms with Crippen molar-refractivity contribution < 1.29 is 9.53 Å². The first kappa shape index (κ1) is 31.1. The van der Waals surface area contributed by atoms with Crippen LogP contribution >= 0.6 is 0 Å². The Kier molecular flexibility index (Phi) is 13.3. The number of nitrogens with zero attached hydrogens (tertiary/aromatic N) is 1. The standard InChI is InChI=1S/C28H26N2O2.C6H15N/c1-6-8-24-23(7-2)25(28(31)29-4)27(32-5)26(30-24)22-17-15-21(16-18-22)14-13-20-11-9-19(3)10-12-20;1-3-5-7-6-4-2/h6-12,15-18H,2H2,1,3-5H3,(H,29,31);7H,3-6H2,1-2H3/b8-6-;. The Hall–Kier alpha value is -4.14. The third-order valence-electron chi connectivity index (χ3n) is 5.82. The van der Waals surface area contributed by atoms with Crippen molar-refractivity contribution in [1.29, 1.82) is 0 Å². The molecule has 39 heavy (non-hydrogen) atoms. The Balaban J connectivity index is 0.000000673. The minimum Gasteiger partial charge on any atom is -0.494 e. The second kappa shape index (κ2) is 16.7. The Bertz CT molecular complexity index is 1310. The monoisotopic (exact) mass is 523 g/mol. The molecular weight excluding hydrogens is 482 g/mol. The highest BCUT2D eigenvalue weighted by atomic mass is 16.5. The predicted octanol–water partition coefficient (Wildman–Crippen LogP) is 6.90. The zero-order valence-electron chi connectivity index (χ0n) is 24.2. The van der Waals surface area contributed by atoms with E-state index in [9.17, 15) is 4.79 Å². The Labute approximate surface area is 234 Å². The van der Waals surface area contributed by atoms with Crippen LogP contribution in [0.2, 0.25) is 0 Å². The van der Waals surface area contributed by atoms with Crippen LogP contribution in [0.3, 0.4) is 0 Å². The molecule has 3 aromatic rings. The van der Waals surface area contributed by atoms with E-state index in [-0.39, 0.29) is 5.91 Å². The van der Waals surface area contributed by atoms with Gasteiger partial charge in [0.25, 0.3) is 5.91 Å². The maximum atomic E-state index is 12.7. The molecule has 0 bridgehead atoms. The summed E-state index contributed by atoms with van der Waals surface area (Å²) in [5.74, 6) is 6.52. The van der Waals surface area contributed by atoms with Crippen LogP contribution in [-0.4, -0.2) is 38.1 Å². The van der Waals surface area contributed by atoms with Gasteiger partial charge in [0.05, 0.1) is 18.4 Å². The van der Waals surface area contributed by atoms with Crippen LogP contribution < -0.4 is 15.4 Å². The quantitative estimate of drug-likeness (QED) is 0.237. The van der Waals surface area contributed by atoms with Crippen molar-refractivity contribution >= 4 is 18.1 Å². The summed E-state index contributed by atoms with van der Waals surface area (Å²) in [7, 11) is 3.13. The van der Waals surface area contributed by atoms with Gasteiger partial charge in [-0.05, 0) is 70.1 Å². The van der Waals surface area contributed by atoms with E-state index in [4.69, 9.17) is 9.72 Å². The topological polar surface area (TPSA) is 63.2 Å². The van der Waals surface area contributed by atoms with Gasteiger partial charge >= 0.3 is 0 Å². The van der Waals surface area contributed by atoms with Gasteiger partial charge in [-0.25, -0.2) is 4.98 Å². The van der Waals surface area contributed by atoms with E-state index in [2.05, 4.69) is 49.8 Å². The molecule has 0 aliphatic carbocycles. The first-order chi connectivity index (χ1) is 18.9. The normalized spacial score (nSPS) is 10.2. The molecular formula is C34H41N3O2. The number of hydrogen-bond acceptors (Lipinski definition) is 4. The molecule has 0 aliphatic rings. The highest BCUT2D eigenvalue weighted by Crippen LogP contribution is 2.36. The van der Waals surface area contributed by atoms with Crippen molar-refractivity contribution in [3.05, 3.63) is 94.7 Å². The molecule has 2 aromatic carbocycles. The lowest BCUT2D eigenvalue weighted by Gasteiger charge is -2.17. The summed E-state index contributed by atoms with van der Waals surface area (Å²) in [6.07, 6.45) is 7.86. The van der Waals surface area contributed by atoms with Crippen molar-refractivity contribution in [2.45, 2.75) is 40.5 Å². The van der Waals surface area contributed by atoms with E-state index in [1.165, 1.54) is 38.6 Å². The molecule has 1 amide bonds. The molecule has 3 rings (SSSR count). The predicted molar refractivity (Wildman–Crippen MR) is 165 cm³/mol. The molecule has 204 valence electrons. The van der Waals surface area contributed by atoms with Crippen molar-refractivity contribution in [2.24, 2.45) is 0 Å². The number of benzene rings is 2. The summed E-state index contributed by atoms with van der Waals surface area (Å²) in [5, 5.41) is 5.97. The number of nitrogens with one attached hydrogen (secondary N) is 2. The summed E-state index contributed by atoms with van der Waals surface area (Å²) in [4.78, 5) is 17.5. The van der Waals surface area contributed by atoms with Gasteiger partial charge in [0.2, 0.25) is 0 Å². The molecule has 5 heteroatoms. The van der Waals surface area contributed by atoms with Crippen molar-refractivity contribution in [3.63, 3.8) is 0 Å². The van der Waals surface area contributed by atoms with Crippen molar-refractivity contribution in [1.82, 2.24) is 15.6 Å². The lowest BCUT2D eigenvalue weighted by molar-refractivity contribution is 0.0959. The number of hydrogen-bond donors (Lipinski definition) is 2. The summed E-state index contributed by atoms with van der Waals surface area (Å²) in [6, 6.07) is 15.9. The smallest absolute Gasteiger partial charge is 0.255 e. The zero-order chi connectivity index (χ0) is 28.6. The minimum atomic E-state index is -0.258. The largest absolute Gasteiger partial charge is 0.494 e. The number of pyridine rings is 1. The van der Waals surface area contributed by atoms with Crippen LogP contribution in [0.15, 0.2) is 61.2 Å². The maximum absolute atomic E-state index is 12.7. The molecule has 0 spiro atoms. The first-order valence-electron chi connectivity index (χ1n) is 13.4. The van der Waals surface area contributed by atoms with Gasteiger partial charge in [-0.15, -0.1) is 0 Å². The summed E-state index contributed by atoms with van der Waals surface area (Å²) >= 11 is 0. The number of amides is 1. The van der Waals surface area contributed by atoms with Crippen LogP contribution in [0.1, 0.15) is 71.9 Å². The van der Waals surface area contributed by atoms with Gasteiger partial charge in [-0.1, -0.05) is 74.2 Å². The molecule has 0 saturated carbocycles. The Morgan fingerprint density at radius 1 is 1.00 bits per heavy atom. The maximum Gasteiger partial charge on any atom is 0.255 e. The number of allylic oxidation sites excluding steroid dienone is 1. The number of carbonyl (C=O) groups is 1. The lowest BCUT2D eigenvalue weighted by Crippen LogP contribution is -2.21. The van der Waals surface area contributed by atoms with Crippen LogP contribution in [0.4, 0.5) is 0 Å². The van der Waals surface area contributed by atoms with Crippen LogP contribution in [0, 0.1) is 18.8 Å². The molecule has 0 atom stereocenters. The van der Waals surface area contributed by atoms with E-state index >= 15 is 0 Å². The molecule has 1 heterocycles. The second-order valence-electron chi connectivity index (χ2n) is 8.89. The molecule has 0 saturated heterocycles. The van der Waals surface area contributed by atoms with Gasteiger partial charge in [0.15, 0.2) is 5.75 Å². The summed E-state index contributed by atoms with van der Waals surface area (Å²) in [6.45, 7) is 14.5. The van der Waals surface area contributed by atoms with E-state index < -0.39 is 0 Å². The average Bonchev–Trinajstić information content (AvgIpc) is 2.97. The third-order valence-corrected chi connectivity index (χ3v) is 5.82. The minimum absolute atomic E-state index is 0.258.